The Morgan fingerprint density at radius 3 is 2.69 bits per heavy atom. The Bertz CT molecular complexity index is 1180. The lowest BCUT2D eigenvalue weighted by Crippen LogP contribution is -2.31. The summed E-state index contributed by atoms with van der Waals surface area (Å²) < 4.78 is 10.4. The highest BCUT2D eigenvalue weighted by atomic mass is 35.5. The zero-order valence-electron chi connectivity index (χ0n) is 15.0. The molecular weight excluding hydrogens is 396 g/mol. The van der Waals surface area contributed by atoms with Crippen molar-refractivity contribution in [3.8, 4) is 22.8 Å². The normalized spacial score (nSPS) is 10.8. The maximum Gasteiger partial charge on any atom is 0.261 e. The van der Waals surface area contributed by atoms with Gasteiger partial charge in [0.25, 0.3) is 11.5 Å². The number of carbonyl (C=O) groups is 1. The predicted octanol–water partition coefficient (Wildman–Crippen LogP) is 3.31. The highest BCUT2D eigenvalue weighted by molar-refractivity contribution is 6.30. The summed E-state index contributed by atoms with van der Waals surface area (Å²) in [6, 6.07) is 13.6. The maximum absolute atomic E-state index is 12.3. The van der Waals surface area contributed by atoms with E-state index in [0.29, 0.717) is 34.6 Å². The first-order valence-corrected chi connectivity index (χ1v) is 9.12. The molecule has 0 saturated carbocycles. The van der Waals surface area contributed by atoms with Crippen LogP contribution in [-0.2, 0) is 6.42 Å². The van der Waals surface area contributed by atoms with E-state index in [1.54, 1.807) is 42.5 Å². The van der Waals surface area contributed by atoms with Gasteiger partial charge in [-0.25, -0.2) is 0 Å². The summed E-state index contributed by atoms with van der Waals surface area (Å²) in [5, 5.41) is 7.20. The van der Waals surface area contributed by atoms with Gasteiger partial charge in [0.2, 0.25) is 11.7 Å². The third-order valence-corrected chi connectivity index (χ3v) is 4.39. The Kier molecular flexibility index (Phi) is 5.26. The van der Waals surface area contributed by atoms with Crippen LogP contribution in [0.4, 0.5) is 0 Å². The third-order valence-electron chi connectivity index (χ3n) is 4.14. The van der Waals surface area contributed by atoms with Gasteiger partial charge in [0.1, 0.15) is 11.3 Å². The molecule has 29 heavy (non-hydrogen) atoms. The molecule has 3 heterocycles. The molecule has 0 aliphatic carbocycles. The number of halogens is 1. The second-order valence-electron chi connectivity index (χ2n) is 6.12. The molecule has 4 rings (SSSR count). The van der Waals surface area contributed by atoms with Crippen LogP contribution >= 0.6 is 11.6 Å². The van der Waals surface area contributed by atoms with Crippen molar-refractivity contribution in [1.29, 1.82) is 0 Å². The van der Waals surface area contributed by atoms with Crippen molar-refractivity contribution in [3.05, 3.63) is 81.6 Å². The van der Waals surface area contributed by atoms with Crippen LogP contribution in [0, 0.1) is 0 Å². The number of H-pyrrole nitrogens is 1. The molecule has 0 atom stereocenters. The van der Waals surface area contributed by atoms with E-state index in [4.69, 9.17) is 20.5 Å². The van der Waals surface area contributed by atoms with Crippen LogP contribution in [0.1, 0.15) is 16.2 Å². The van der Waals surface area contributed by atoms with Crippen LogP contribution in [0.2, 0.25) is 5.02 Å². The smallest absolute Gasteiger partial charge is 0.261 e. The number of aromatic nitrogens is 3. The van der Waals surface area contributed by atoms with Gasteiger partial charge < -0.3 is 19.2 Å². The topological polar surface area (TPSA) is 114 Å². The lowest BCUT2D eigenvalue weighted by atomic mass is 10.2. The van der Waals surface area contributed by atoms with E-state index in [-0.39, 0.29) is 12.1 Å². The number of furan rings is 1. The van der Waals surface area contributed by atoms with Gasteiger partial charge in [0, 0.05) is 23.6 Å². The van der Waals surface area contributed by atoms with Gasteiger partial charge in [0.05, 0.1) is 12.0 Å². The van der Waals surface area contributed by atoms with E-state index < -0.39 is 11.5 Å². The Morgan fingerprint density at radius 2 is 1.97 bits per heavy atom. The molecule has 1 aromatic carbocycles. The van der Waals surface area contributed by atoms with E-state index in [1.807, 2.05) is 0 Å². The van der Waals surface area contributed by atoms with Crippen molar-refractivity contribution in [2.75, 3.05) is 6.54 Å². The zero-order chi connectivity index (χ0) is 20.2. The van der Waals surface area contributed by atoms with Crippen molar-refractivity contribution in [2.24, 2.45) is 0 Å². The van der Waals surface area contributed by atoms with Gasteiger partial charge in [-0.15, -0.1) is 0 Å². The molecule has 0 spiro atoms. The minimum absolute atomic E-state index is 0.00712. The molecule has 4 aromatic rings. The minimum Gasteiger partial charge on any atom is -0.463 e. The Hall–Kier alpha value is -3.65. The lowest BCUT2D eigenvalue weighted by molar-refractivity contribution is 0.0952. The monoisotopic (exact) mass is 410 g/mol. The van der Waals surface area contributed by atoms with Crippen LogP contribution in [0.15, 0.2) is 68.5 Å². The molecule has 0 aliphatic rings. The molecule has 0 fully saturated rings. The second kappa shape index (κ2) is 8.15. The van der Waals surface area contributed by atoms with Crippen LogP contribution in [0.25, 0.3) is 22.8 Å². The molecule has 0 bridgehead atoms. The number of benzene rings is 1. The number of carbonyl (C=O) groups excluding carboxylic acids is 1. The largest absolute Gasteiger partial charge is 0.463 e. The second-order valence-corrected chi connectivity index (χ2v) is 6.55. The van der Waals surface area contributed by atoms with Crippen molar-refractivity contribution in [2.45, 2.75) is 6.42 Å². The summed E-state index contributed by atoms with van der Waals surface area (Å²) >= 11 is 5.87. The van der Waals surface area contributed by atoms with E-state index in [1.165, 1.54) is 12.3 Å². The molecule has 2 N–H and O–H groups in total. The van der Waals surface area contributed by atoms with Gasteiger partial charge in [-0.05, 0) is 48.5 Å². The highest BCUT2D eigenvalue weighted by Gasteiger charge is 2.13. The van der Waals surface area contributed by atoms with E-state index in [9.17, 15) is 9.59 Å². The van der Waals surface area contributed by atoms with Gasteiger partial charge in [-0.1, -0.05) is 16.8 Å². The van der Waals surface area contributed by atoms with E-state index in [0.717, 1.165) is 5.56 Å². The molecule has 0 unspecified atom stereocenters. The minimum atomic E-state index is -0.501. The number of pyridine rings is 1. The standard InChI is InChI=1S/C20H15ClN4O4/c21-13-5-3-12(4-6-13)18-24-17(29-25-18)9-10-22-19(26)14-7-8-15(23-20(14)27)16-2-1-11-28-16/h1-8,11H,9-10H2,(H,22,26)(H,23,27). The number of rotatable bonds is 6. The van der Waals surface area contributed by atoms with Crippen molar-refractivity contribution < 1.29 is 13.7 Å². The third kappa shape index (κ3) is 4.27. The average molecular weight is 411 g/mol. The van der Waals surface area contributed by atoms with Crippen molar-refractivity contribution in [3.63, 3.8) is 0 Å². The molecule has 3 aromatic heterocycles. The summed E-state index contributed by atoms with van der Waals surface area (Å²) in [6.45, 7) is 0.237. The number of nitrogens with zero attached hydrogens (tertiary/aromatic N) is 2. The van der Waals surface area contributed by atoms with Gasteiger partial charge in [0.15, 0.2) is 0 Å². The van der Waals surface area contributed by atoms with E-state index >= 15 is 0 Å². The van der Waals surface area contributed by atoms with E-state index in [2.05, 4.69) is 20.4 Å². The van der Waals surface area contributed by atoms with Crippen LogP contribution in [0.5, 0.6) is 0 Å². The molecule has 146 valence electrons. The predicted molar refractivity (Wildman–Crippen MR) is 106 cm³/mol. The summed E-state index contributed by atoms with van der Waals surface area (Å²) in [5.74, 6) is 0.835. The molecule has 0 radical (unpaired) electrons. The number of hydrogen-bond donors (Lipinski definition) is 2. The fraction of sp³-hybridized carbons (Fsp3) is 0.100. The molecule has 8 nitrogen and oxygen atoms in total. The summed E-state index contributed by atoms with van der Waals surface area (Å²) in [4.78, 5) is 31.4. The summed E-state index contributed by atoms with van der Waals surface area (Å²) in [5.41, 5.74) is 0.778. The molecular formula is C20H15ClN4O4. The van der Waals surface area contributed by atoms with Crippen LogP contribution in [-0.4, -0.2) is 27.6 Å². The quantitative estimate of drug-likeness (QED) is 0.504. The maximum atomic E-state index is 12.3. The fourth-order valence-corrected chi connectivity index (χ4v) is 2.80. The molecule has 0 aliphatic heterocycles. The van der Waals surface area contributed by atoms with Crippen LogP contribution < -0.4 is 10.9 Å². The van der Waals surface area contributed by atoms with Gasteiger partial charge in [-0.2, -0.15) is 4.98 Å². The first-order valence-electron chi connectivity index (χ1n) is 8.74. The summed E-state index contributed by atoms with van der Waals surface area (Å²) in [7, 11) is 0. The number of aromatic amines is 1. The fourth-order valence-electron chi connectivity index (χ4n) is 2.68. The zero-order valence-corrected chi connectivity index (χ0v) is 15.8. The van der Waals surface area contributed by atoms with Crippen molar-refractivity contribution >= 4 is 17.5 Å². The lowest BCUT2D eigenvalue weighted by Gasteiger charge is -2.04. The van der Waals surface area contributed by atoms with Gasteiger partial charge in [-0.3, -0.25) is 9.59 Å². The average Bonchev–Trinajstić information content (AvgIpc) is 3.41. The SMILES string of the molecule is O=C(NCCc1nc(-c2ccc(Cl)cc2)no1)c1ccc(-c2ccco2)[nH]c1=O. The Balaban J connectivity index is 1.36. The number of amides is 1. The van der Waals surface area contributed by atoms with Crippen molar-refractivity contribution in [1.82, 2.24) is 20.4 Å². The Labute approximate surface area is 169 Å². The number of nitrogens with one attached hydrogen (secondary N) is 2. The first-order chi connectivity index (χ1) is 14.1. The number of hydrogen-bond acceptors (Lipinski definition) is 6. The molecule has 0 saturated heterocycles. The van der Waals surface area contributed by atoms with Crippen LogP contribution in [0.3, 0.4) is 0 Å². The first kappa shape index (κ1) is 18.7. The molecule has 9 heteroatoms. The summed E-state index contributed by atoms with van der Waals surface area (Å²) in [6.07, 6.45) is 1.83. The van der Waals surface area contributed by atoms with Gasteiger partial charge >= 0.3 is 0 Å². The molecule has 1 amide bonds. The Morgan fingerprint density at radius 1 is 1.14 bits per heavy atom. The highest BCUT2D eigenvalue weighted by Crippen LogP contribution is 2.19.